The highest BCUT2D eigenvalue weighted by molar-refractivity contribution is 7.81. The Morgan fingerprint density at radius 1 is 1.13 bits per heavy atom. The predicted octanol–water partition coefficient (Wildman–Crippen LogP) is 4.51. The van der Waals surface area contributed by atoms with Gasteiger partial charge >= 0.3 is 10.5 Å². The first-order valence-corrected chi connectivity index (χ1v) is 13.5. The molecule has 0 radical (unpaired) electrons. The number of halogens is 1. The number of terminal acetylenes is 1. The van der Waals surface area contributed by atoms with Crippen LogP contribution in [0.15, 0.2) is 53.6 Å². The standard InChI is InChI=1S/C28H23FN4O4S/c1-3-17-4-5-21-24(11-17)32-28-26(21)27(34)23-10-16(2)22(13-25(23)33(28)19-6-8-30-9-7-19)18-12-20(15-31-14-18)37-38(29,35)36/h1,4-5,10-15,19,30,32H,6-9H2,2H3. The lowest BCUT2D eigenvalue weighted by Crippen LogP contribution is -2.30. The van der Waals surface area contributed by atoms with Crippen LogP contribution < -0.4 is 14.9 Å². The van der Waals surface area contributed by atoms with E-state index in [0.717, 1.165) is 70.9 Å². The highest BCUT2D eigenvalue weighted by Gasteiger charge is 2.24. The van der Waals surface area contributed by atoms with Crippen LogP contribution in [0.4, 0.5) is 3.89 Å². The van der Waals surface area contributed by atoms with Gasteiger partial charge in [-0.2, -0.15) is 8.42 Å². The summed E-state index contributed by atoms with van der Waals surface area (Å²) in [6.07, 6.45) is 10.0. The molecule has 0 unspecified atom stereocenters. The summed E-state index contributed by atoms with van der Waals surface area (Å²) < 4.78 is 41.8. The van der Waals surface area contributed by atoms with Gasteiger partial charge in [0.05, 0.1) is 17.1 Å². The Kier molecular flexibility index (Phi) is 5.70. The maximum atomic E-state index is 13.9. The Morgan fingerprint density at radius 2 is 1.92 bits per heavy atom. The smallest absolute Gasteiger partial charge is 0.357 e. The Hall–Kier alpha value is -4.20. The van der Waals surface area contributed by atoms with Gasteiger partial charge in [0.25, 0.3) is 0 Å². The van der Waals surface area contributed by atoms with Crippen molar-refractivity contribution in [3.8, 4) is 29.2 Å². The van der Waals surface area contributed by atoms with E-state index in [0.29, 0.717) is 16.3 Å². The van der Waals surface area contributed by atoms with Gasteiger partial charge in [-0.05, 0) is 74.3 Å². The summed E-state index contributed by atoms with van der Waals surface area (Å²) in [4.78, 5) is 21.4. The van der Waals surface area contributed by atoms with Crippen molar-refractivity contribution in [3.63, 3.8) is 0 Å². The molecule has 1 saturated heterocycles. The number of fused-ring (bicyclic) bond motifs is 4. The van der Waals surface area contributed by atoms with Crippen molar-refractivity contribution in [1.82, 2.24) is 19.9 Å². The molecule has 192 valence electrons. The lowest BCUT2D eigenvalue weighted by molar-refractivity contribution is 0.381. The number of rotatable bonds is 4. The van der Waals surface area contributed by atoms with Crippen LogP contribution >= 0.6 is 0 Å². The average molecular weight is 531 g/mol. The highest BCUT2D eigenvalue weighted by atomic mass is 32.3. The third-order valence-electron chi connectivity index (χ3n) is 7.15. The molecule has 0 amide bonds. The molecule has 1 aliphatic rings. The zero-order valence-corrected chi connectivity index (χ0v) is 21.2. The number of H-pyrrole nitrogens is 1. The van der Waals surface area contributed by atoms with Gasteiger partial charge in [-0.1, -0.05) is 15.9 Å². The van der Waals surface area contributed by atoms with Gasteiger partial charge in [0.1, 0.15) is 5.65 Å². The zero-order valence-electron chi connectivity index (χ0n) is 20.4. The van der Waals surface area contributed by atoms with Crippen molar-refractivity contribution in [2.45, 2.75) is 25.8 Å². The molecule has 2 N–H and O–H groups in total. The second-order valence-electron chi connectivity index (χ2n) is 9.50. The van der Waals surface area contributed by atoms with Gasteiger partial charge in [0.2, 0.25) is 0 Å². The number of hydrogen-bond donors (Lipinski definition) is 2. The number of piperidine rings is 1. The van der Waals surface area contributed by atoms with E-state index in [1.807, 2.05) is 37.3 Å². The molecule has 3 aromatic heterocycles. The van der Waals surface area contributed by atoms with Crippen LogP contribution in [0.2, 0.25) is 0 Å². The van der Waals surface area contributed by atoms with E-state index in [1.165, 1.54) is 6.07 Å². The van der Waals surface area contributed by atoms with Gasteiger partial charge < -0.3 is 19.1 Å². The maximum absolute atomic E-state index is 13.9. The molecule has 0 spiro atoms. The van der Waals surface area contributed by atoms with Crippen molar-refractivity contribution in [1.29, 1.82) is 0 Å². The molecule has 38 heavy (non-hydrogen) atoms. The van der Waals surface area contributed by atoms with Crippen LogP contribution in [0.3, 0.4) is 0 Å². The second kappa shape index (κ2) is 8.97. The van der Waals surface area contributed by atoms with Crippen LogP contribution in [0, 0.1) is 19.3 Å². The first-order chi connectivity index (χ1) is 18.2. The molecule has 2 aromatic carbocycles. The Labute approximate surface area is 217 Å². The van der Waals surface area contributed by atoms with E-state index in [4.69, 9.17) is 6.42 Å². The molecule has 0 aliphatic carbocycles. The molecule has 1 aliphatic heterocycles. The minimum absolute atomic E-state index is 0.0896. The second-order valence-corrected chi connectivity index (χ2v) is 10.5. The Balaban J connectivity index is 1.67. The molecule has 8 nitrogen and oxygen atoms in total. The number of nitrogens with zero attached hydrogens (tertiary/aromatic N) is 2. The van der Waals surface area contributed by atoms with E-state index < -0.39 is 10.5 Å². The molecule has 0 saturated carbocycles. The summed E-state index contributed by atoms with van der Waals surface area (Å²) in [7, 11) is -5.20. The summed E-state index contributed by atoms with van der Waals surface area (Å²) in [6, 6.07) is 10.9. The van der Waals surface area contributed by atoms with Crippen molar-refractivity contribution in [3.05, 3.63) is 70.1 Å². The molecular weight excluding hydrogens is 507 g/mol. The monoisotopic (exact) mass is 530 g/mol. The van der Waals surface area contributed by atoms with E-state index in [2.05, 4.69) is 30.0 Å². The van der Waals surface area contributed by atoms with Crippen LogP contribution in [0.5, 0.6) is 5.75 Å². The molecule has 5 aromatic rings. The first-order valence-electron chi connectivity index (χ1n) is 12.1. The van der Waals surface area contributed by atoms with Crippen molar-refractivity contribution in [2.75, 3.05) is 13.1 Å². The molecule has 6 rings (SSSR count). The van der Waals surface area contributed by atoms with E-state index >= 15 is 0 Å². The first kappa shape index (κ1) is 24.2. The van der Waals surface area contributed by atoms with Gasteiger partial charge in [0.15, 0.2) is 11.2 Å². The van der Waals surface area contributed by atoms with Gasteiger partial charge in [-0.3, -0.25) is 9.78 Å². The van der Waals surface area contributed by atoms with Crippen LogP contribution in [0.25, 0.3) is 44.0 Å². The maximum Gasteiger partial charge on any atom is 0.488 e. The number of pyridine rings is 2. The Bertz CT molecular complexity index is 1970. The molecule has 0 bridgehead atoms. The number of hydrogen-bond acceptors (Lipinski definition) is 6. The SMILES string of the molecule is C#Cc1ccc2c(c1)[nH]c1c2c(=O)c2cc(C)c(-c3cncc(OS(=O)(=O)F)c3)cc2n1C1CCNCC1. The van der Waals surface area contributed by atoms with Gasteiger partial charge in [0, 0.05) is 39.7 Å². The molecule has 10 heteroatoms. The summed E-state index contributed by atoms with van der Waals surface area (Å²) in [5.74, 6) is 2.41. The topological polar surface area (TPSA) is 106 Å². The van der Waals surface area contributed by atoms with E-state index in [9.17, 15) is 17.1 Å². The largest absolute Gasteiger partial charge is 0.488 e. The zero-order chi connectivity index (χ0) is 26.6. The predicted molar refractivity (Wildman–Crippen MR) is 145 cm³/mol. The number of aromatic nitrogens is 3. The normalized spacial score (nSPS) is 14.8. The summed E-state index contributed by atoms with van der Waals surface area (Å²) in [6.45, 7) is 3.56. The quantitative estimate of drug-likeness (QED) is 0.262. The third kappa shape index (κ3) is 4.10. The van der Waals surface area contributed by atoms with Crippen molar-refractivity contribution >= 4 is 43.3 Å². The Morgan fingerprint density at radius 3 is 2.66 bits per heavy atom. The lowest BCUT2D eigenvalue weighted by Gasteiger charge is -2.28. The van der Waals surface area contributed by atoms with Gasteiger partial charge in [-0.25, -0.2) is 0 Å². The average Bonchev–Trinajstić information content (AvgIpc) is 3.27. The number of nitrogens with one attached hydrogen (secondary N) is 2. The van der Waals surface area contributed by atoms with Crippen molar-refractivity contribution in [2.24, 2.45) is 0 Å². The fraction of sp³-hybridized carbons (Fsp3) is 0.214. The summed E-state index contributed by atoms with van der Waals surface area (Å²) in [5, 5.41) is 5.40. The molecule has 1 fully saturated rings. The van der Waals surface area contributed by atoms with Crippen LogP contribution in [-0.4, -0.2) is 36.0 Å². The highest BCUT2D eigenvalue weighted by Crippen LogP contribution is 2.35. The fourth-order valence-corrected chi connectivity index (χ4v) is 5.82. The summed E-state index contributed by atoms with van der Waals surface area (Å²) >= 11 is 0. The molecule has 0 atom stereocenters. The van der Waals surface area contributed by atoms with Crippen LogP contribution in [-0.2, 0) is 10.5 Å². The number of benzene rings is 2. The van der Waals surface area contributed by atoms with Gasteiger partial charge in [-0.15, -0.1) is 6.42 Å². The number of aromatic amines is 1. The van der Waals surface area contributed by atoms with E-state index in [1.54, 1.807) is 6.20 Å². The lowest BCUT2D eigenvalue weighted by atomic mass is 9.97. The minimum atomic E-state index is -5.20. The minimum Gasteiger partial charge on any atom is -0.357 e. The number of aryl methyl sites for hydroxylation is 1. The molecule has 4 heterocycles. The van der Waals surface area contributed by atoms with E-state index in [-0.39, 0.29) is 17.2 Å². The van der Waals surface area contributed by atoms with Crippen LogP contribution in [0.1, 0.15) is 30.0 Å². The fourth-order valence-electron chi connectivity index (χ4n) is 5.50. The summed E-state index contributed by atoms with van der Waals surface area (Å²) in [5.41, 5.74) is 4.93. The van der Waals surface area contributed by atoms with Crippen molar-refractivity contribution < 1.29 is 16.5 Å². The third-order valence-corrected chi connectivity index (χ3v) is 7.55. The molecular formula is C28H23FN4O4S.